The van der Waals surface area contributed by atoms with E-state index in [2.05, 4.69) is 145 Å². The zero-order valence-corrected chi connectivity index (χ0v) is 29.8. The molecule has 0 radical (unpaired) electrons. The van der Waals surface area contributed by atoms with E-state index in [0.29, 0.717) is 5.69 Å². The predicted octanol–water partition coefficient (Wildman–Crippen LogP) is 11.5. The highest BCUT2D eigenvalue weighted by molar-refractivity contribution is 6.09. The molecule has 246 valence electrons. The summed E-state index contributed by atoms with van der Waals surface area (Å²) >= 11 is 0. The van der Waals surface area contributed by atoms with Gasteiger partial charge in [-0.1, -0.05) is 116 Å². The van der Waals surface area contributed by atoms with Crippen LogP contribution in [0.5, 0.6) is 5.75 Å². The summed E-state index contributed by atoms with van der Waals surface area (Å²) < 4.78 is 2.13. The van der Waals surface area contributed by atoms with Crippen molar-refractivity contribution in [2.75, 3.05) is 0 Å². The maximum Gasteiger partial charge on any atom is 0.146 e. The van der Waals surface area contributed by atoms with Gasteiger partial charge >= 0.3 is 0 Å². The molecule has 4 nitrogen and oxygen atoms in total. The smallest absolute Gasteiger partial charge is 0.146 e. The van der Waals surface area contributed by atoms with Crippen LogP contribution < -0.4 is 0 Å². The number of para-hydroxylation sites is 2. The van der Waals surface area contributed by atoms with Gasteiger partial charge in [-0.3, -0.25) is 9.55 Å². The molecule has 1 N–H and O–H groups in total. The number of hydrogen-bond acceptors (Lipinski definition) is 3. The zero-order valence-electron chi connectivity index (χ0n) is 29.8. The zero-order chi connectivity index (χ0) is 34.7. The summed E-state index contributed by atoms with van der Waals surface area (Å²) in [4.78, 5) is 10.4. The molecule has 7 aromatic rings. The molecular weight excluding hydrogens is 599 g/mol. The van der Waals surface area contributed by atoms with E-state index in [1.165, 1.54) is 16.7 Å². The highest BCUT2D eigenvalue weighted by Crippen LogP contribution is 2.43. The summed E-state index contributed by atoms with van der Waals surface area (Å²) in [5, 5.41) is 13.4. The molecule has 3 aromatic heterocycles. The monoisotopic (exact) mass is 643 g/mol. The minimum absolute atomic E-state index is 0.0214. The second kappa shape index (κ2) is 11.7. The SMILES string of the molecule is CC(C)(C)c1ccc2c(c1)c1cc(C(C)(C)C)c(-c3cc(-c4ccccc4)cc(C(C)(C)c4ccccn4)c3)nc1n2-c1ccccc1O. The molecule has 0 saturated carbocycles. The fourth-order valence-electron chi connectivity index (χ4n) is 6.89. The maximum absolute atomic E-state index is 11.2. The first-order valence-electron chi connectivity index (χ1n) is 17.1. The second-order valence-electron chi connectivity index (χ2n) is 15.8. The molecule has 4 aromatic carbocycles. The Morgan fingerprint density at radius 2 is 1.27 bits per heavy atom. The van der Waals surface area contributed by atoms with E-state index in [4.69, 9.17) is 9.97 Å². The van der Waals surface area contributed by atoms with Crippen molar-refractivity contribution in [1.29, 1.82) is 0 Å². The standard InChI is InChI=1S/C45H45N3O/c1-43(2,3)32-21-22-37-34(27-32)35-28-36(44(4,5)6)41(47-42(35)48(37)38-18-12-13-19-39(38)49)31-24-30(29-16-10-9-11-17-29)25-33(26-31)45(7,8)40-20-14-15-23-46-40/h9-28,49H,1-8H3. The van der Waals surface area contributed by atoms with Gasteiger partial charge in [0.05, 0.1) is 22.6 Å². The number of hydrogen-bond donors (Lipinski definition) is 1. The number of rotatable bonds is 5. The van der Waals surface area contributed by atoms with Crippen LogP contribution in [0.25, 0.3) is 50.0 Å². The molecule has 0 atom stereocenters. The highest BCUT2D eigenvalue weighted by atomic mass is 16.3. The summed E-state index contributed by atoms with van der Waals surface area (Å²) in [5.74, 6) is 0.218. The number of phenols is 1. The van der Waals surface area contributed by atoms with Crippen LogP contribution in [0.3, 0.4) is 0 Å². The maximum atomic E-state index is 11.2. The van der Waals surface area contributed by atoms with E-state index in [1.807, 2.05) is 30.5 Å². The quantitative estimate of drug-likeness (QED) is 0.203. The topological polar surface area (TPSA) is 50.9 Å². The van der Waals surface area contributed by atoms with Crippen LogP contribution in [0.1, 0.15) is 77.8 Å². The average molecular weight is 644 g/mol. The third-order valence-electron chi connectivity index (χ3n) is 9.88. The van der Waals surface area contributed by atoms with E-state index >= 15 is 0 Å². The number of aromatic hydroxyl groups is 1. The number of benzene rings is 4. The summed E-state index contributed by atoms with van der Waals surface area (Å²) in [6.07, 6.45) is 1.87. The van der Waals surface area contributed by atoms with Crippen molar-refractivity contribution in [2.45, 2.75) is 71.6 Å². The predicted molar refractivity (Wildman–Crippen MR) is 205 cm³/mol. The Morgan fingerprint density at radius 1 is 0.571 bits per heavy atom. The van der Waals surface area contributed by atoms with Crippen molar-refractivity contribution in [3.8, 4) is 33.8 Å². The van der Waals surface area contributed by atoms with Crippen molar-refractivity contribution in [1.82, 2.24) is 14.5 Å². The Kier molecular flexibility index (Phi) is 7.74. The first-order chi connectivity index (χ1) is 23.2. The minimum atomic E-state index is -0.360. The van der Waals surface area contributed by atoms with Gasteiger partial charge in [0.1, 0.15) is 11.4 Å². The molecule has 0 aliphatic rings. The van der Waals surface area contributed by atoms with E-state index in [9.17, 15) is 5.11 Å². The van der Waals surface area contributed by atoms with Gasteiger partial charge in [-0.15, -0.1) is 0 Å². The van der Waals surface area contributed by atoms with Gasteiger partial charge in [-0.2, -0.15) is 0 Å². The van der Waals surface area contributed by atoms with Crippen molar-refractivity contribution in [2.24, 2.45) is 0 Å². The van der Waals surface area contributed by atoms with Crippen molar-refractivity contribution in [3.05, 3.63) is 144 Å². The van der Waals surface area contributed by atoms with Crippen LogP contribution in [0, 0.1) is 0 Å². The average Bonchev–Trinajstić information content (AvgIpc) is 3.40. The number of phenolic OH excluding ortho intramolecular Hbond substituents is 1. The van der Waals surface area contributed by atoms with Crippen LogP contribution in [0.15, 0.2) is 121 Å². The fourth-order valence-corrected chi connectivity index (χ4v) is 6.89. The lowest BCUT2D eigenvalue weighted by molar-refractivity contribution is 0.473. The number of aromatic nitrogens is 3. The molecule has 49 heavy (non-hydrogen) atoms. The van der Waals surface area contributed by atoms with Crippen molar-refractivity contribution in [3.63, 3.8) is 0 Å². The lowest BCUT2D eigenvalue weighted by Crippen LogP contribution is -2.21. The molecule has 0 fully saturated rings. The molecule has 0 aliphatic carbocycles. The Morgan fingerprint density at radius 3 is 1.94 bits per heavy atom. The lowest BCUT2D eigenvalue weighted by atomic mass is 9.78. The molecule has 0 amide bonds. The van der Waals surface area contributed by atoms with E-state index in [-0.39, 0.29) is 22.0 Å². The third kappa shape index (κ3) is 5.80. The minimum Gasteiger partial charge on any atom is -0.506 e. The van der Waals surface area contributed by atoms with Crippen LogP contribution in [0.2, 0.25) is 0 Å². The van der Waals surface area contributed by atoms with Crippen molar-refractivity contribution < 1.29 is 5.11 Å². The van der Waals surface area contributed by atoms with Crippen LogP contribution in [-0.2, 0) is 16.2 Å². The van der Waals surface area contributed by atoms with Crippen molar-refractivity contribution >= 4 is 21.9 Å². The molecule has 0 aliphatic heterocycles. The molecular formula is C45H45N3O. The summed E-state index contributed by atoms with van der Waals surface area (Å²) in [6, 6.07) is 40.2. The Labute approximate surface area is 290 Å². The van der Waals surface area contributed by atoms with E-state index < -0.39 is 0 Å². The molecule has 0 unspecified atom stereocenters. The van der Waals surface area contributed by atoms with Gasteiger partial charge in [0, 0.05) is 27.9 Å². The van der Waals surface area contributed by atoms with Gasteiger partial charge in [-0.05, 0) is 93.2 Å². The summed E-state index contributed by atoms with van der Waals surface area (Å²) in [6.45, 7) is 18.0. The van der Waals surface area contributed by atoms with Crippen LogP contribution in [0.4, 0.5) is 0 Å². The normalized spacial score (nSPS) is 12.6. The molecule has 7 rings (SSSR count). The molecule has 3 heterocycles. The number of fused-ring (bicyclic) bond motifs is 3. The Hall–Kier alpha value is -5.22. The first kappa shape index (κ1) is 32.3. The van der Waals surface area contributed by atoms with Gasteiger partial charge in [0.15, 0.2) is 0 Å². The number of nitrogens with zero attached hydrogens (tertiary/aromatic N) is 3. The van der Waals surface area contributed by atoms with E-state index in [0.717, 1.165) is 50.0 Å². The van der Waals surface area contributed by atoms with Crippen LogP contribution >= 0.6 is 0 Å². The van der Waals surface area contributed by atoms with Gasteiger partial charge in [-0.25, -0.2) is 4.98 Å². The second-order valence-corrected chi connectivity index (χ2v) is 15.8. The first-order valence-corrected chi connectivity index (χ1v) is 17.1. The van der Waals surface area contributed by atoms with Gasteiger partial charge < -0.3 is 5.11 Å². The largest absolute Gasteiger partial charge is 0.506 e. The number of pyridine rings is 2. The molecule has 0 spiro atoms. The van der Waals surface area contributed by atoms with Gasteiger partial charge in [0.2, 0.25) is 0 Å². The summed E-state index contributed by atoms with van der Waals surface area (Å²) in [7, 11) is 0. The van der Waals surface area contributed by atoms with Crippen LogP contribution in [-0.4, -0.2) is 19.6 Å². The Balaban J connectivity index is 1.59. The Bertz CT molecular complexity index is 2320. The molecule has 4 heteroatoms. The van der Waals surface area contributed by atoms with E-state index in [1.54, 1.807) is 6.07 Å². The summed E-state index contributed by atoms with van der Waals surface area (Å²) in [5.41, 5.74) is 10.8. The van der Waals surface area contributed by atoms with Gasteiger partial charge in [0.25, 0.3) is 0 Å². The fraction of sp³-hybridized carbons (Fsp3) is 0.244. The highest BCUT2D eigenvalue weighted by Gasteiger charge is 2.29. The molecule has 0 saturated heterocycles. The lowest BCUT2D eigenvalue weighted by Gasteiger charge is -2.28. The molecule has 0 bridgehead atoms. The third-order valence-corrected chi connectivity index (χ3v) is 9.88.